The summed E-state index contributed by atoms with van der Waals surface area (Å²) < 4.78 is 0. The smallest absolute Gasteiger partial charge is 0.0351 e. The summed E-state index contributed by atoms with van der Waals surface area (Å²) in [7, 11) is 0. The van der Waals surface area contributed by atoms with E-state index < -0.39 is 0 Å². The lowest BCUT2D eigenvalue weighted by Crippen LogP contribution is -1.87. The number of rotatable bonds is 19. The van der Waals surface area contributed by atoms with Gasteiger partial charge in [0.15, 0.2) is 0 Å². The maximum absolute atomic E-state index is 2.43. The van der Waals surface area contributed by atoms with Gasteiger partial charge in [0.1, 0.15) is 0 Å². The van der Waals surface area contributed by atoms with E-state index in [0.717, 1.165) is 5.92 Å². The average Bonchev–Trinajstić information content (AvgIpc) is 2.56. The quantitative estimate of drug-likeness (QED) is 0.163. The number of allylic oxidation sites excluding steroid dienone is 2. The van der Waals surface area contributed by atoms with E-state index in [9.17, 15) is 0 Å². The molecule has 0 saturated carbocycles. The van der Waals surface area contributed by atoms with Crippen LogP contribution in [0.2, 0.25) is 0 Å². The van der Waals surface area contributed by atoms with E-state index in [-0.39, 0.29) is 0 Å². The molecule has 0 heterocycles. The Balaban J connectivity index is 3.05. The molecule has 0 aliphatic rings. The molecule has 0 nitrogen and oxygen atoms in total. The van der Waals surface area contributed by atoms with E-state index >= 15 is 0 Å². The molecule has 0 N–H and O–H groups in total. The van der Waals surface area contributed by atoms with Crippen LogP contribution in [0, 0.1) is 5.92 Å². The van der Waals surface area contributed by atoms with Crippen LogP contribution >= 0.6 is 0 Å². The predicted octanol–water partition coefficient (Wildman–Crippen LogP) is 9.24. The molecule has 0 aliphatic carbocycles. The van der Waals surface area contributed by atoms with Crippen molar-refractivity contribution in [2.24, 2.45) is 5.92 Å². The SMILES string of the molecule is CCCCCCCCC=CCCCCCCCCCCCC(C)C. The van der Waals surface area contributed by atoms with Gasteiger partial charge in [0, 0.05) is 0 Å². The van der Waals surface area contributed by atoms with Crippen molar-refractivity contribution in [2.45, 2.75) is 136 Å². The second-order valence-corrected chi connectivity index (χ2v) is 8.18. The molecule has 0 spiro atoms. The van der Waals surface area contributed by atoms with Gasteiger partial charge in [-0.1, -0.05) is 123 Å². The first-order chi connectivity index (χ1) is 11.8. The fraction of sp³-hybridized carbons (Fsp3) is 0.917. The summed E-state index contributed by atoms with van der Waals surface area (Å²) in [4.78, 5) is 0. The fourth-order valence-corrected chi connectivity index (χ4v) is 3.33. The van der Waals surface area contributed by atoms with Crippen LogP contribution in [0.25, 0.3) is 0 Å². The van der Waals surface area contributed by atoms with E-state index in [0.29, 0.717) is 0 Å². The third kappa shape index (κ3) is 21.7. The Hall–Kier alpha value is -0.260. The predicted molar refractivity (Wildman–Crippen MR) is 113 cm³/mol. The highest BCUT2D eigenvalue weighted by Crippen LogP contribution is 2.13. The first-order valence-electron chi connectivity index (χ1n) is 11.4. The highest BCUT2D eigenvalue weighted by atomic mass is 14.0. The van der Waals surface area contributed by atoms with Crippen molar-refractivity contribution < 1.29 is 0 Å². The minimum atomic E-state index is 0.893. The molecule has 0 aromatic heterocycles. The van der Waals surface area contributed by atoms with E-state index in [4.69, 9.17) is 0 Å². The number of hydrogen-bond donors (Lipinski definition) is 0. The molecule has 0 rings (SSSR count). The second kappa shape index (κ2) is 20.8. The van der Waals surface area contributed by atoms with Gasteiger partial charge >= 0.3 is 0 Å². The van der Waals surface area contributed by atoms with Crippen molar-refractivity contribution in [2.75, 3.05) is 0 Å². The molecule has 0 saturated heterocycles. The van der Waals surface area contributed by atoms with Crippen LogP contribution in [0.3, 0.4) is 0 Å². The summed E-state index contributed by atoms with van der Waals surface area (Å²) in [5, 5.41) is 0. The highest BCUT2D eigenvalue weighted by Gasteiger charge is 1.95. The first-order valence-corrected chi connectivity index (χ1v) is 11.4. The van der Waals surface area contributed by atoms with Crippen LogP contribution in [0.1, 0.15) is 136 Å². The van der Waals surface area contributed by atoms with Crippen LogP contribution in [0.15, 0.2) is 12.2 Å². The lowest BCUT2D eigenvalue weighted by atomic mass is 10.0. The molecule has 0 heteroatoms. The van der Waals surface area contributed by atoms with Crippen molar-refractivity contribution in [3.8, 4) is 0 Å². The van der Waals surface area contributed by atoms with E-state index in [2.05, 4.69) is 32.9 Å². The van der Waals surface area contributed by atoms with Gasteiger partial charge in [0.05, 0.1) is 0 Å². The summed E-state index contributed by atoms with van der Waals surface area (Å²) in [6, 6.07) is 0. The topological polar surface area (TPSA) is 0 Å². The summed E-state index contributed by atoms with van der Waals surface area (Å²) in [6.45, 7) is 6.96. The largest absolute Gasteiger partial charge is 0.0885 e. The Morgan fingerprint density at radius 1 is 0.500 bits per heavy atom. The molecule has 0 unspecified atom stereocenters. The van der Waals surface area contributed by atoms with Crippen molar-refractivity contribution in [3.05, 3.63) is 12.2 Å². The van der Waals surface area contributed by atoms with Gasteiger partial charge in [-0.25, -0.2) is 0 Å². The van der Waals surface area contributed by atoms with E-state index in [1.165, 1.54) is 116 Å². The van der Waals surface area contributed by atoms with Gasteiger partial charge in [-0.05, 0) is 31.6 Å². The van der Waals surface area contributed by atoms with E-state index in [1.54, 1.807) is 0 Å². The van der Waals surface area contributed by atoms with Gasteiger partial charge in [0.25, 0.3) is 0 Å². The van der Waals surface area contributed by atoms with Crippen LogP contribution in [-0.2, 0) is 0 Å². The zero-order valence-corrected chi connectivity index (χ0v) is 17.5. The van der Waals surface area contributed by atoms with Crippen molar-refractivity contribution in [1.29, 1.82) is 0 Å². The Labute approximate surface area is 154 Å². The van der Waals surface area contributed by atoms with Crippen LogP contribution < -0.4 is 0 Å². The maximum atomic E-state index is 2.43. The molecule has 144 valence electrons. The van der Waals surface area contributed by atoms with Crippen LogP contribution in [0.4, 0.5) is 0 Å². The zero-order chi connectivity index (χ0) is 17.7. The Kier molecular flexibility index (Phi) is 20.6. The van der Waals surface area contributed by atoms with Crippen LogP contribution in [-0.4, -0.2) is 0 Å². The van der Waals surface area contributed by atoms with Crippen molar-refractivity contribution in [3.63, 3.8) is 0 Å². The first kappa shape index (κ1) is 23.7. The molecule has 0 atom stereocenters. The molecule has 0 bridgehead atoms. The number of hydrogen-bond acceptors (Lipinski definition) is 0. The van der Waals surface area contributed by atoms with Gasteiger partial charge in [-0.2, -0.15) is 0 Å². The molecule has 0 aromatic carbocycles. The summed E-state index contributed by atoms with van der Waals surface area (Å²) >= 11 is 0. The lowest BCUT2D eigenvalue weighted by molar-refractivity contribution is 0.506. The molecule has 24 heavy (non-hydrogen) atoms. The number of unbranched alkanes of at least 4 members (excludes halogenated alkanes) is 15. The van der Waals surface area contributed by atoms with Gasteiger partial charge in [0.2, 0.25) is 0 Å². The Morgan fingerprint density at radius 3 is 1.29 bits per heavy atom. The van der Waals surface area contributed by atoms with Gasteiger partial charge in [-0.3, -0.25) is 0 Å². The fourth-order valence-electron chi connectivity index (χ4n) is 3.33. The van der Waals surface area contributed by atoms with Gasteiger partial charge < -0.3 is 0 Å². The maximum Gasteiger partial charge on any atom is -0.0351 e. The molecular formula is C24H48. The molecule has 0 radical (unpaired) electrons. The Bertz CT molecular complexity index is 238. The third-order valence-corrected chi connectivity index (χ3v) is 5.04. The molecule has 0 amide bonds. The lowest BCUT2D eigenvalue weighted by Gasteiger charge is -2.04. The summed E-state index contributed by atoms with van der Waals surface area (Å²) in [5.74, 6) is 0.893. The minimum absolute atomic E-state index is 0.893. The Morgan fingerprint density at radius 2 is 0.875 bits per heavy atom. The minimum Gasteiger partial charge on any atom is -0.0885 e. The molecule has 0 fully saturated rings. The monoisotopic (exact) mass is 336 g/mol. The zero-order valence-electron chi connectivity index (χ0n) is 17.5. The van der Waals surface area contributed by atoms with Crippen molar-refractivity contribution >= 4 is 0 Å². The molecule has 0 aliphatic heterocycles. The molecule has 0 aromatic rings. The van der Waals surface area contributed by atoms with Gasteiger partial charge in [-0.15, -0.1) is 0 Å². The summed E-state index contributed by atoms with van der Waals surface area (Å²) in [6.07, 6.45) is 30.5. The molecular weight excluding hydrogens is 288 g/mol. The second-order valence-electron chi connectivity index (χ2n) is 8.18. The summed E-state index contributed by atoms with van der Waals surface area (Å²) in [5.41, 5.74) is 0. The van der Waals surface area contributed by atoms with Crippen LogP contribution in [0.5, 0.6) is 0 Å². The standard InChI is InChI=1S/C24H48/c1-4-5-6-7-8-9-10-11-12-13-14-15-16-17-18-19-20-21-22-23-24(2)3/h11-12,24H,4-10,13-23H2,1-3H3. The van der Waals surface area contributed by atoms with Crippen molar-refractivity contribution in [1.82, 2.24) is 0 Å². The van der Waals surface area contributed by atoms with E-state index in [1.807, 2.05) is 0 Å². The average molecular weight is 337 g/mol. The third-order valence-electron chi connectivity index (χ3n) is 5.04. The normalized spacial score (nSPS) is 11.8. The highest BCUT2D eigenvalue weighted by molar-refractivity contribution is 4.81.